The lowest BCUT2D eigenvalue weighted by molar-refractivity contribution is 0.102. The third-order valence-electron chi connectivity index (χ3n) is 4.15. The number of morpholine rings is 1. The van der Waals surface area contributed by atoms with Crippen molar-refractivity contribution < 1.29 is 9.53 Å². The van der Waals surface area contributed by atoms with Gasteiger partial charge in [0.05, 0.1) is 33.5 Å². The van der Waals surface area contributed by atoms with Crippen LogP contribution in [0.2, 0.25) is 10.0 Å². The van der Waals surface area contributed by atoms with Gasteiger partial charge >= 0.3 is 0 Å². The quantitative estimate of drug-likeness (QED) is 0.683. The summed E-state index contributed by atoms with van der Waals surface area (Å²) in [6.45, 7) is 3.24. The summed E-state index contributed by atoms with van der Waals surface area (Å²) in [7, 11) is 0. The predicted octanol–water partition coefficient (Wildman–Crippen LogP) is 4.69. The maximum Gasteiger partial charge on any atom is 0.257 e. The number of amides is 1. The van der Waals surface area contributed by atoms with Gasteiger partial charge in [-0.25, -0.2) is 4.98 Å². The molecule has 1 saturated heterocycles. The number of rotatable bonds is 3. The van der Waals surface area contributed by atoms with E-state index in [1.807, 2.05) is 6.07 Å². The lowest BCUT2D eigenvalue weighted by Gasteiger charge is -2.28. The molecule has 0 atom stereocenters. The monoisotopic (exact) mass is 407 g/mol. The van der Waals surface area contributed by atoms with Gasteiger partial charge < -0.3 is 9.64 Å². The molecule has 0 aliphatic carbocycles. The third kappa shape index (κ3) is 3.64. The van der Waals surface area contributed by atoms with Crippen molar-refractivity contribution >= 4 is 61.5 Å². The van der Waals surface area contributed by atoms with Gasteiger partial charge in [-0.3, -0.25) is 10.1 Å². The SMILES string of the molecule is O=C(Nc1nc2ccc(N3CCOCC3)cc2s1)c1ccc(Cl)c(Cl)c1. The number of nitrogens with zero attached hydrogens (tertiary/aromatic N) is 2. The van der Waals surface area contributed by atoms with E-state index in [9.17, 15) is 4.79 Å². The van der Waals surface area contributed by atoms with E-state index in [-0.39, 0.29) is 5.91 Å². The first-order valence-electron chi connectivity index (χ1n) is 8.10. The molecule has 0 unspecified atom stereocenters. The normalized spacial score (nSPS) is 14.6. The molecule has 2 aromatic carbocycles. The fraction of sp³-hybridized carbons (Fsp3) is 0.222. The zero-order valence-electron chi connectivity index (χ0n) is 13.7. The van der Waals surface area contributed by atoms with Crippen LogP contribution >= 0.6 is 34.5 Å². The third-order valence-corrected chi connectivity index (χ3v) is 5.82. The molecular weight excluding hydrogens is 393 g/mol. The van der Waals surface area contributed by atoms with E-state index in [1.165, 1.54) is 11.3 Å². The number of fused-ring (bicyclic) bond motifs is 1. The average Bonchev–Trinajstić information content (AvgIpc) is 3.06. The molecule has 0 bridgehead atoms. The van der Waals surface area contributed by atoms with E-state index in [4.69, 9.17) is 27.9 Å². The number of aromatic nitrogens is 1. The molecule has 3 aromatic rings. The van der Waals surface area contributed by atoms with Crippen molar-refractivity contribution in [1.82, 2.24) is 4.98 Å². The molecule has 26 heavy (non-hydrogen) atoms. The second kappa shape index (κ2) is 7.40. The Morgan fingerprint density at radius 2 is 1.92 bits per heavy atom. The molecule has 1 aliphatic heterocycles. The Morgan fingerprint density at radius 1 is 1.12 bits per heavy atom. The van der Waals surface area contributed by atoms with Crippen LogP contribution in [0.1, 0.15) is 10.4 Å². The summed E-state index contributed by atoms with van der Waals surface area (Å²) >= 11 is 13.3. The molecule has 5 nitrogen and oxygen atoms in total. The van der Waals surface area contributed by atoms with E-state index in [2.05, 4.69) is 27.3 Å². The molecule has 2 heterocycles. The first-order chi connectivity index (χ1) is 12.6. The summed E-state index contributed by atoms with van der Waals surface area (Å²) in [4.78, 5) is 19.2. The maximum atomic E-state index is 12.4. The van der Waals surface area contributed by atoms with Crippen molar-refractivity contribution in [3.63, 3.8) is 0 Å². The number of ether oxygens (including phenoxy) is 1. The van der Waals surface area contributed by atoms with Gasteiger partial charge in [-0.1, -0.05) is 34.5 Å². The minimum atomic E-state index is -0.268. The Kier molecular flexibility index (Phi) is 5.00. The molecule has 8 heteroatoms. The predicted molar refractivity (Wildman–Crippen MR) is 107 cm³/mol. The highest BCUT2D eigenvalue weighted by Gasteiger charge is 2.14. The number of carbonyl (C=O) groups excluding carboxylic acids is 1. The zero-order chi connectivity index (χ0) is 18.1. The zero-order valence-corrected chi connectivity index (χ0v) is 16.0. The minimum Gasteiger partial charge on any atom is -0.378 e. The number of nitrogens with one attached hydrogen (secondary N) is 1. The Balaban J connectivity index is 1.55. The van der Waals surface area contributed by atoms with Crippen molar-refractivity contribution in [2.75, 3.05) is 36.5 Å². The minimum absolute atomic E-state index is 0.268. The molecule has 0 saturated carbocycles. The summed E-state index contributed by atoms with van der Waals surface area (Å²) in [5.41, 5.74) is 2.44. The van der Waals surface area contributed by atoms with Gasteiger partial charge in [0, 0.05) is 24.3 Å². The molecular formula is C18H15Cl2N3O2S. The molecule has 1 aliphatic rings. The molecule has 1 aromatic heterocycles. The number of benzene rings is 2. The van der Waals surface area contributed by atoms with E-state index in [0.29, 0.717) is 20.7 Å². The van der Waals surface area contributed by atoms with Crippen LogP contribution in [0.3, 0.4) is 0 Å². The van der Waals surface area contributed by atoms with Crippen molar-refractivity contribution in [3.05, 3.63) is 52.0 Å². The highest BCUT2D eigenvalue weighted by molar-refractivity contribution is 7.22. The lowest BCUT2D eigenvalue weighted by Crippen LogP contribution is -2.36. The topological polar surface area (TPSA) is 54.5 Å². The maximum absolute atomic E-state index is 12.4. The second-order valence-corrected chi connectivity index (χ2v) is 7.70. The van der Waals surface area contributed by atoms with Crippen LogP contribution in [0.25, 0.3) is 10.2 Å². The number of halogens is 2. The van der Waals surface area contributed by atoms with Crippen LogP contribution in [0.4, 0.5) is 10.8 Å². The number of thiazole rings is 1. The smallest absolute Gasteiger partial charge is 0.257 e. The summed E-state index contributed by atoms with van der Waals surface area (Å²) < 4.78 is 6.42. The highest BCUT2D eigenvalue weighted by Crippen LogP contribution is 2.30. The largest absolute Gasteiger partial charge is 0.378 e. The highest BCUT2D eigenvalue weighted by atomic mass is 35.5. The lowest BCUT2D eigenvalue weighted by atomic mass is 10.2. The van der Waals surface area contributed by atoms with Gasteiger partial charge in [0.2, 0.25) is 0 Å². The van der Waals surface area contributed by atoms with E-state index < -0.39 is 0 Å². The molecule has 0 radical (unpaired) electrons. The number of carbonyl (C=O) groups is 1. The van der Waals surface area contributed by atoms with Gasteiger partial charge in [0.1, 0.15) is 0 Å². The number of hydrogen-bond acceptors (Lipinski definition) is 5. The number of hydrogen-bond donors (Lipinski definition) is 1. The van der Waals surface area contributed by atoms with Gasteiger partial charge in [-0.15, -0.1) is 0 Å². The van der Waals surface area contributed by atoms with Crippen LogP contribution in [0.5, 0.6) is 0 Å². The van der Waals surface area contributed by atoms with Crippen molar-refractivity contribution in [2.24, 2.45) is 0 Å². The van der Waals surface area contributed by atoms with Crippen LogP contribution < -0.4 is 10.2 Å². The summed E-state index contributed by atoms with van der Waals surface area (Å²) in [5.74, 6) is -0.268. The standard InChI is InChI=1S/C18H15Cl2N3O2S/c19-13-3-1-11(9-14(13)20)17(24)22-18-21-15-4-2-12(10-16(15)26-18)23-5-7-25-8-6-23/h1-4,9-10H,5-8H2,(H,21,22,24). The fourth-order valence-corrected chi connectivity index (χ4v) is 3.98. The average molecular weight is 408 g/mol. The molecule has 1 amide bonds. The van der Waals surface area contributed by atoms with Crippen LogP contribution in [0, 0.1) is 0 Å². The van der Waals surface area contributed by atoms with Crippen molar-refractivity contribution in [3.8, 4) is 0 Å². The van der Waals surface area contributed by atoms with Gasteiger partial charge in [-0.05, 0) is 36.4 Å². The summed E-state index contributed by atoms with van der Waals surface area (Å²) in [6, 6.07) is 10.9. The molecule has 1 N–H and O–H groups in total. The first-order valence-corrected chi connectivity index (χ1v) is 9.67. The van der Waals surface area contributed by atoms with Crippen molar-refractivity contribution in [2.45, 2.75) is 0 Å². The van der Waals surface area contributed by atoms with Crippen LogP contribution in [-0.2, 0) is 4.74 Å². The van der Waals surface area contributed by atoms with Crippen LogP contribution in [0.15, 0.2) is 36.4 Å². The fourth-order valence-electron chi connectivity index (χ4n) is 2.79. The molecule has 1 fully saturated rings. The Hall–Kier alpha value is -1.86. The Morgan fingerprint density at radius 3 is 2.69 bits per heavy atom. The molecule has 0 spiro atoms. The number of anilines is 2. The first kappa shape index (κ1) is 17.5. The van der Waals surface area contributed by atoms with Gasteiger partial charge in [0.25, 0.3) is 5.91 Å². The molecule has 4 rings (SSSR count). The van der Waals surface area contributed by atoms with Crippen molar-refractivity contribution in [1.29, 1.82) is 0 Å². The van der Waals surface area contributed by atoms with Crippen LogP contribution in [-0.4, -0.2) is 37.2 Å². The van der Waals surface area contributed by atoms with Gasteiger partial charge in [-0.2, -0.15) is 0 Å². The second-order valence-electron chi connectivity index (χ2n) is 5.85. The summed E-state index contributed by atoms with van der Waals surface area (Å²) in [6.07, 6.45) is 0. The Bertz CT molecular complexity index is 970. The van der Waals surface area contributed by atoms with E-state index in [1.54, 1.807) is 18.2 Å². The van der Waals surface area contributed by atoms with Gasteiger partial charge in [0.15, 0.2) is 5.13 Å². The Labute approximate surface area is 164 Å². The summed E-state index contributed by atoms with van der Waals surface area (Å²) in [5, 5.41) is 4.14. The van der Waals surface area contributed by atoms with E-state index in [0.717, 1.165) is 42.2 Å². The van der Waals surface area contributed by atoms with E-state index >= 15 is 0 Å². The molecule has 134 valence electrons.